The van der Waals surface area contributed by atoms with E-state index in [0.29, 0.717) is 19.6 Å². The van der Waals surface area contributed by atoms with Crippen LogP contribution in [-0.2, 0) is 13.1 Å². The summed E-state index contributed by atoms with van der Waals surface area (Å²) in [5.74, 6) is 0.940. The average Bonchev–Trinajstić information content (AvgIpc) is 3.20. The van der Waals surface area contributed by atoms with Crippen LogP contribution in [-0.4, -0.2) is 31.9 Å². The highest BCUT2D eigenvalue weighted by molar-refractivity contribution is 5.89. The van der Waals surface area contributed by atoms with Crippen LogP contribution in [0.15, 0.2) is 54.6 Å². The maximum Gasteiger partial charge on any atom is 0.319 e. The van der Waals surface area contributed by atoms with E-state index in [4.69, 9.17) is 0 Å². The van der Waals surface area contributed by atoms with Crippen molar-refractivity contribution in [2.24, 2.45) is 0 Å². The summed E-state index contributed by atoms with van der Waals surface area (Å²) in [6.45, 7) is 7.86. The van der Waals surface area contributed by atoms with Gasteiger partial charge in [-0.2, -0.15) is 5.10 Å². The fourth-order valence-corrected chi connectivity index (χ4v) is 3.69. The van der Waals surface area contributed by atoms with Gasteiger partial charge in [0.15, 0.2) is 0 Å². The van der Waals surface area contributed by atoms with Crippen LogP contribution in [0.4, 0.5) is 10.5 Å². The van der Waals surface area contributed by atoms with E-state index in [9.17, 15) is 4.79 Å². The molecule has 2 amide bonds. The fourth-order valence-electron chi connectivity index (χ4n) is 3.69. The number of hydrogen-bond donors (Lipinski definition) is 2. The Morgan fingerprint density at radius 3 is 2.67 bits per heavy atom. The van der Waals surface area contributed by atoms with Crippen LogP contribution in [0.1, 0.15) is 22.8 Å². The molecule has 0 unspecified atom stereocenters. The first-order valence-electron chi connectivity index (χ1n) is 10.1. The van der Waals surface area contributed by atoms with Gasteiger partial charge in [0.1, 0.15) is 5.82 Å². The zero-order valence-corrected chi connectivity index (χ0v) is 17.5. The predicted octanol–water partition coefficient (Wildman–Crippen LogP) is 4.03. The minimum atomic E-state index is -0.222. The molecule has 0 atom stereocenters. The number of benzene rings is 2. The highest BCUT2D eigenvalue weighted by Gasteiger charge is 2.08. The largest absolute Gasteiger partial charge is 0.336 e. The normalized spacial score (nSPS) is 11.0. The molecule has 0 spiro atoms. The van der Waals surface area contributed by atoms with Crippen LogP contribution in [0.2, 0.25) is 0 Å². The van der Waals surface area contributed by atoms with Gasteiger partial charge >= 0.3 is 6.03 Å². The number of para-hydroxylation sites is 2. The molecule has 0 aliphatic heterocycles. The van der Waals surface area contributed by atoms with E-state index >= 15 is 0 Å². The Hall–Kier alpha value is -3.61. The van der Waals surface area contributed by atoms with Crippen LogP contribution in [0, 0.1) is 20.8 Å². The van der Waals surface area contributed by atoms with Crippen LogP contribution >= 0.6 is 0 Å². The number of imidazole rings is 1. The minimum absolute atomic E-state index is 0.222. The van der Waals surface area contributed by atoms with E-state index in [1.807, 2.05) is 74.0 Å². The molecular formula is C23H26N6O. The summed E-state index contributed by atoms with van der Waals surface area (Å²) in [7, 11) is 0. The summed E-state index contributed by atoms with van der Waals surface area (Å²) in [6.07, 6.45) is 0. The van der Waals surface area contributed by atoms with Gasteiger partial charge in [-0.25, -0.2) is 9.78 Å². The number of anilines is 1. The van der Waals surface area contributed by atoms with Gasteiger partial charge in [0.05, 0.1) is 23.3 Å². The number of rotatable bonds is 6. The van der Waals surface area contributed by atoms with Gasteiger partial charge in [-0.15, -0.1) is 0 Å². The van der Waals surface area contributed by atoms with Gasteiger partial charge in [0, 0.05) is 24.5 Å². The third-order valence-corrected chi connectivity index (χ3v) is 5.09. The second kappa shape index (κ2) is 8.41. The van der Waals surface area contributed by atoms with Gasteiger partial charge in [-0.3, -0.25) is 4.68 Å². The van der Waals surface area contributed by atoms with Crippen molar-refractivity contribution in [3.05, 3.63) is 77.4 Å². The standard InChI is InChI=1S/C23H26N6O/c1-16-13-17(2)29(27-16)15-19-7-6-8-20(14-19)26-23(30)24-11-12-28-18(3)25-21-9-4-5-10-22(21)28/h4-10,13-14H,11-12,15H2,1-3H3,(H2,24,26,30). The summed E-state index contributed by atoms with van der Waals surface area (Å²) in [4.78, 5) is 16.9. The molecule has 0 aliphatic carbocycles. The zero-order chi connectivity index (χ0) is 21.1. The quantitative estimate of drug-likeness (QED) is 0.511. The monoisotopic (exact) mass is 402 g/mol. The molecule has 30 heavy (non-hydrogen) atoms. The lowest BCUT2D eigenvalue weighted by atomic mass is 10.2. The number of nitrogens with zero attached hydrogens (tertiary/aromatic N) is 4. The maximum atomic E-state index is 12.4. The lowest BCUT2D eigenvalue weighted by molar-refractivity contribution is 0.251. The second-order valence-corrected chi connectivity index (χ2v) is 7.47. The van der Waals surface area contributed by atoms with Crippen molar-refractivity contribution in [1.29, 1.82) is 0 Å². The molecule has 154 valence electrons. The first-order chi connectivity index (χ1) is 14.5. The van der Waals surface area contributed by atoms with Crippen LogP contribution in [0.3, 0.4) is 0 Å². The molecule has 0 saturated carbocycles. The molecule has 0 radical (unpaired) electrons. The molecule has 0 saturated heterocycles. The molecule has 0 aliphatic rings. The van der Waals surface area contributed by atoms with Gasteiger partial charge < -0.3 is 15.2 Å². The number of aromatic nitrogens is 4. The summed E-state index contributed by atoms with van der Waals surface area (Å²) in [6, 6.07) is 17.7. The van der Waals surface area contributed by atoms with Gasteiger partial charge in [0.25, 0.3) is 0 Å². The third-order valence-electron chi connectivity index (χ3n) is 5.09. The summed E-state index contributed by atoms with van der Waals surface area (Å²) >= 11 is 0. The summed E-state index contributed by atoms with van der Waals surface area (Å²) < 4.78 is 4.08. The summed E-state index contributed by atoms with van der Waals surface area (Å²) in [5.41, 5.74) is 6.01. The molecule has 2 aromatic carbocycles. The number of fused-ring (bicyclic) bond motifs is 1. The minimum Gasteiger partial charge on any atom is -0.336 e. The fraction of sp³-hybridized carbons (Fsp3) is 0.261. The van der Waals surface area contributed by atoms with Crippen molar-refractivity contribution < 1.29 is 4.79 Å². The van der Waals surface area contributed by atoms with Crippen molar-refractivity contribution in [2.45, 2.75) is 33.9 Å². The molecule has 2 N–H and O–H groups in total. The first-order valence-corrected chi connectivity index (χ1v) is 10.1. The van der Waals surface area contributed by atoms with E-state index in [-0.39, 0.29) is 6.03 Å². The molecule has 7 nitrogen and oxygen atoms in total. The van der Waals surface area contributed by atoms with Crippen molar-refractivity contribution in [3.63, 3.8) is 0 Å². The van der Waals surface area contributed by atoms with E-state index < -0.39 is 0 Å². The average molecular weight is 403 g/mol. The Morgan fingerprint density at radius 1 is 1.03 bits per heavy atom. The van der Waals surface area contributed by atoms with Crippen molar-refractivity contribution >= 4 is 22.8 Å². The Kier molecular flexibility index (Phi) is 5.52. The predicted molar refractivity (Wildman–Crippen MR) is 119 cm³/mol. The summed E-state index contributed by atoms with van der Waals surface area (Å²) in [5, 5.41) is 10.3. The van der Waals surface area contributed by atoms with Crippen LogP contribution in [0.5, 0.6) is 0 Å². The third kappa shape index (κ3) is 4.35. The van der Waals surface area contributed by atoms with E-state index in [1.165, 1.54) is 0 Å². The second-order valence-electron chi connectivity index (χ2n) is 7.47. The molecule has 4 rings (SSSR count). The highest BCUT2D eigenvalue weighted by Crippen LogP contribution is 2.15. The highest BCUT2D eigenvalue weighted by atomic mass is 16.2. The number of carbonyl (C=O) groups excluding carboxylic acids is 1. The molecule has 4 aromatic rings. The van der Waals surface area contributed by atoms with Crippen LogP contribution in [0.25, 0.3) is 11.0 Å². The molecular weight excluding hydrogens is 376 g/mol. The lowest BCUT2D eigenvalue weighted by Crippen LogP contribution is -2.31. The molecule has 2 heterocycles. The number of hydrogen-bond acceptors (Lipinski definition) is 3. The topological polar surface area (TPSA) is 76.8 Å². The van der Waals surface area contributed by atoms with Gasteiger partial charge in [-0.1, -0.05) is 24.3 Å². The van der Waals surface area contributed by atoms with E-state index in [1.54, 1.807) is 0 Å². The number of aryl methyl sites for hydroxylation is 3. The number of amides is 2. The van der Waals surface area contributed by atoms with Gasteiger partial charge in [0.2, 0.25) is 0 Å². The van der Waals surface area contributed by atoms with Crippen molar-refractivity contribution in [2.75, 3.05) is 11.9 Å². The molecule has 0 fully saturated rings. The van der Waals surface area contributed by atoms with E-state index in [0.717, 1.165) is 39.5 Å². The number of urea groups is 1. The van der Waals surface area contributed by atoms with Crippen molar-refractivity contribution in [1.82, 2.24) is 24.6 Å². The van der Waals surface area contributed by atoms with Crippen molar-refractivity contribution in [3.8, 4) is 0 Å². The lowest BCUT2D eigenvalue weighted by Gasteiger charge is -2.11. The Balaban J connectivity index is 1.34. The Bertz CT molecular complexity index is 1190. The maximum absolute atomic E-state index is 12.4. The zero-order valence-electron chi connectivity index (χ0n) is 17.5. The smallest absolute Gasteiger partial charge is 0.319 e. The van der Waals surface area contributed by atoms with Gasteiger partial charge in [-0.05, 0) is 56.7 Å². The molecule has 7 heteroatoms. The van der Waals surface area contributed by atoms with E-state index in [2.05, 4.69) is 31.3 Å². The molecule has 2 aromatic heterocycles. The SMILES string of the molecule is Cc1cc(C)n(Cc2cccc(NC(=O)NCCn3c(C)nc4ccccc43)c2)n1. The Morgan fingerprint density at radius 2 is 1.87 bits per heavy atom. The van der Waals surface area contributed by atoms with Crippen LogP contribution < -0.4 is 10.6 Å². The number of carbonyl (C=O) groups is 1. The number of nitrogens with one attached hydrogen (secondary N) is 2. The first kappa shape index (κ1) is 19.7. The Labute approximate surface area is 175 Å². The molecule has 0 bridgehead atoms.